The first-order valence-corrected chi connectivity index (χ1v) is 10.1. The lowest BCUT2D eigenvalue weighted by atomic mass is 10.0. The van der Waals surface area contributed by atoms with E-state index in [1.165, 1.54) is 0 Å². The highest BCUT2D eigenvalue weighted by Crippen LogP contribution is 2.34. The molecule has 0 saturated heterocycles. The van der Waals surface area contributed by atoms with Crippen LogP contribution in [0.25, 0.3) is 17.0 Å². The van der Waals surface area contributed by atoms with Gasteiger partial charge in [-0.2, -0.15) is 0 Å². The average Bonchev–Trinajstić information content (AvgIpc) is 3.13. The number of para-hydroxylation sites is 1. The number of hydrogen-bond acceptors (Lipinski definition) is 4. The lowest BCUT2D eigenvalue weighted by Crippen LogP contribution is -2.12. The third-order valence-electron chi connectivity index (χ3n) is 4.66. The van der Waals surface area contributed by atoms with E-state index in [9.17, 15) is 4.79 Å². The standard InChI is InChI=1S/C21H16Cl3N5O/c1-11-14(9-25)19(13-7-6-12(22)8-16(13)24)29-10-18(28-21(29)26-11)20(30)27-17-5-3-2-4-15(17)23/h2-8,10H,9,25H2,1H3,(H,27,30). The number of amides is 1. The van der Waals surface area contributed by atoms with Gasteiger partial charge >= 0.3 is 0 Å². The van der Waals surface area contributed by atoms with Crippen molar-refractivity contribution in [1.29, 1.82) is 0 Å². The molecule has 0 aliphatic heterocycles. The van der Waals surface area contributed by atoms with Crippen molar-refractivity contribution in [3.63, 3.8) is 0 Å². The number of nitrogens with zero attached hydrogens (tertiary/aromatic N) is 3. The number of aromatic nitrogens is 3. The van der Waals surface area contributed by atoms with Crippen LogP contribution in [-0.4, -0.2) is 20.3 Å². The molecule has 4 aromatic rings. The molecule has 2 heterocycles. The van der Waals surface area contributed by atoms with Crippen molar-refractivity contribution >= 4 is 52.2 Å². The van der Waals surface area contributed by atoms with Crippen molar-refractivity contribution < 1.29 is 4.79 Å². The summed E-state index contributed by atoms with van der Waals surface area (Å²) >= 11 is 18.7. The summed E-state index contributed by atoms with van der Waals surface area (Å²) in [4.78, 5) is 21.7. The molecule has 4 rings (SSSR count). The van der Waals surface area contributed by atoms with Crippen molar-refractivity contribution in [2.75, 3.05) is 5.32 Å². The van der Waals surface area contributed by atoms with Crippen LogP contribution in [0.1, 0.15) is 21.7 Å². The molecule has 0 radical (unpaired) electrons. The van der Waals surface area contributed by atoms with E-state index in [4.69, 9.17) is 40.5 Å². The zero-order valence-corrected chi connectivity index (χ0v) is 18.1. The first-order chi connectivity index (χ1) is 14.4. The van der Waals surface area contributed by atoms with Crippen LogP contribution in [0.3, 0.4) is 0 Å². The van der Waals surface area contributed by atoms with E-state index in [2.05, 4.69) is 15.3 Å². The lowest BCUT2D eigenvalue weighted by Gasteiger charge is -2.14. The largest absolute Gasteiger partial charge is 0.326 e. The van der Waals surface area contributed by atoms with E-state index in [1.807, 2.05) is 13.0 Å². The van der Waals surface area contributed by atoms with Crippen molar-refractivity contribution in [1.82, 2.24) is 14.4 Å². The molecule has 152 valence electrons. The molecule has 0 aliphatic rings. The van der Waals surface area contributed by atoms with E-state index < -0.39 is 5.91 Å². The minimum Gasteiger partial charge on any atom is -0.326 e. The lowest BCUT2D eigenvalue weighted by molar-refractivity contribution is 0.102. The summed E-state index contributed by atoms with van der Waals surface area (Å²) in [6, 6.07) is 12.2. The highest BCUT2D eigenvalue weighted by molar-refractivity contribution is 6.36. The van der Waals surface area contributed by atoms with Crippen LogP contribution < -0.4 is 11.1 Å². The summed E-state index contributed by atoms with van der Waals surface area (Å²) in [6.07, 6.45) is 1.60. The van der Waals surface area contributed by atoms with Gasteiger partial charge in [-0.25, -0.2) is 9.97 Å². The Labute approximate surface area is 187 Å². The summed E-state index contributed by atoms with van der Waals surface area (Å²) in [5.41, 5.74) is 9.61. The van der Waals surface area contributed by atoms with Gasteiger partial charge in [-0.1, -0.05) is 46.9 Å². The molecule has 0 atom stereocenters. The number of fused-ring (bicyclic) bond motifs is 1. The fourth-order valence-corrected chi connectivity index (χ4v) is 3.91. The Morgan fingerprint density at radius 1 is 1.10 bits per heavy atom. The SMILES string of the molecule is Cc1nc2nc(C(=O)Nc3ccccc3Cl)cn2c(-c2ccc(Cl)cc2Cl)c1CN. The molecule has 9 heteroatoms. The van der Waals surface area contributed by atoms with Gasteiger partial charge in [-0.3, -0.25) is 9.20 Å². The molecule has 3 N–H and O–H groups in total. The van der Waals surface area contributed by atoms with Gasteiger partial charge in [0, 0.05) is 34.6 Å². The second kappa shape index (κ2) is 8.24. The van der Waals surface area contributed by atoms with Crippen LogP contribution in [0.4, 0.5) is 5.69 Å². The summed E-state index contributed by atoms with van der Waals surface area (Å²) in [7, 11) is 0. The Morgan fingerprint density at radius 2 is 1.87 bits per heavy atom. The van der Waals surface area contributed by atoms with Gasteiger partial charge in [-0.05, 0) is 37.3 Å². The zero-order valence-electron chi connectivity index (χ0n) is 15.8. The molecule has 1 amide bonds. The molecule has 6 nitrogen and oxygen atoms in total. The topological polar surface area (TPSA) is 85.3 Å². The van der Waals surface area contributed by atoms with Gasteiger partial charge in [0.15, 0.2) is 0 Å². The monoisotopic (exact) mass is 459 g/mol. The highest BCUT2D eigenvalue weighted by atomic mass is 35.5. The average molecular weight is 461 g/mol. The van der Waals surface area contributed by atoms with E-state index in [1.54, 1.807) is 47.0 Å². The van der Waals surface area contributed by atoms with Gasteiger partial charge in [0.05, 0.1) is 21.4 Å². The number of nitrogens with one attached hydrogen (secondary N) is 1. The van der Waals surface area contributed by atoms with E-state index in [0.717, 1.165) is 5.56 Å². The molecule has 0 spiro atoms. The number of aryl methyl sites for hydroxylation is 1. The van der Waals surface area contributed by atoms with E-state index >= 15 is 0 Å². The van der Waals surface area contributed by atoms with Gasteiger partial charge in [0.25, 0.3) is 5.91 Å². The van der Waals surface area contributed by atoms with Crippen molar-refractivity contribution in [2.45, 2.75) is 13.5 Å². The van der Waals surface area contributed by atoms with Crippen molar-refractivity contribution in [2.24, 2.45) is 5.73 Å². The van der Waals surface area contributed by atoms with Gasteiger partial charge in [0.2, 0.25) is 5.78 Å². The van der Waals surface area contributed by atoms with Gasteiger partial charge < -0.3 is 11.1 Å². The molecule has 0 aliphatic carbocycles. The summed E-state index contributed by atoms with van der Waals surface area (Å²) < 4.78 is 1.71. The number of anilines is 1. The van der Waals surface area contributed by atoms with E-state index in [0.29, 0.717) is 43.5 Å². The first-order valence-electron chi connectivity index (χ1n) is 8.99. The minimum absolute atomic E-state index is 0.183. The Morgan fingerprint density at radius 3 is 2.57 bits per heavy atom. The molecule has 0 saturated carbocycles. The van der Waals surface area contributed by atoms with Crippen LogP contribution in [0.5, 0.6) is 0 Å². The quantitative estimate of drug-likeness (QED) is 0.428. The maximum Gasteiger partial charge on any atom is 0.275 e. The Balaban J connectivity index is 1.86. The molecular weight excluding hydrogens is 445 g/mol. The maximum atomic E-state index is 12.8. The molecule has 0 bridgehead atoms. The molecule has 2 aromatic heterocycles. The number of nitrogens with two attached hydrogens (primary N) is 1. The molecule has 2 aromatic carbocycles. The second-order valence-electron chi connectivity index (χ2n) is 6.58. The molecule has 30 heavy (non-hydrogen) atoms. The number of carbonyl (C=O) groups is 1. The first kappa shape index (κ1) is 20.6. The number of imidazole rings is 1. The van der Waals surface area contributed by atoms with E-state index in [-0.39, 0.29) is 12.2 Å². The predicted octanol–water partition coefficient (Wildman–Crippen LogP) is 5.38. The number of hydrogen-bond donors (Lipinski definition) is 2. The second-order valence-corrected chi connectivity index (χ2v) is 7.83. The fraction of sp³-hybridized carbons (Fsp3) is 0.0952. The molecule has 0 fully saturated rings. The van der Waals surface area contributed by atoms with Crippen LogP contribution in [0.15, 0.2) is 48.7 Å². The summed E-state index contributed by atoms with van der Waals surface area (Å²) in [5, 5.41) is 4.18. The van der Waals surface area contributed by atoms with Crippen molar-refractivity contribution in [3.8, 4) is 11.3 Å². The van der Waals surface area contributed by atoms with Gasteiger partial charge in [0.1, 0.15) is 5.69 Å². The van der Waals surface area contributed by atoms with Crippen LogP contribution in [0.2, 0.25) is 15.1 Å². The molecule has 0 unspecified atom stereocenters. The maximum absolute atomic E-state index is 12.8. The number of benzene rings is 2. The Kier molecular flexibility index (Phi) is 5.66. The number of rotatable bonds is 4. The van der Waals surface area contributed by atoms with Gasteiger partial charge in [-0.15, -0.1) is 0 Å². The van der Waals surface area contributed by atoms with Crippen LogP contribution in [0, 0.1) is 6.92 Å². The summed E-state index contributed by atoms with van der Waals surface area (Å²) in [6.45, 7) is 2.08. The normalized spacial score (nSPS) is 11.1. The van der Waals surface area contributed by atoms with Crippen LogP contribution >= 0.6 is 34.8 Å². The fourth-order valence-electron chi connectivity index (χ4n) is 3.22. The summed E-state index contributed by atoms with van der Waals surface area (Å²) in [5.74, 6) is -0.0521. The zero-order chi connectivity index (χ0) is 21.4. The predicted molar refractivity (Wildman–Crippen MR) is 120 cm³/mol. The Hall–Kier alpha value is -2.64. The number of halogens is 3. The van der Waals surface area contributed by atoms with Crippen molar-refractivity contribution in [3.05, 3.63) is 80.7 Å². The smallest absolute Gasteiger partial charge is 0.275 e. The third kappa shape index (κ3) is 3.75. The minimum atomic E-state index is -0.409. The highest BCUT2D eigenvalue weighted by Gasteiger charge is 2.20. The third-order valence-corrected chi connectivity index (χ3v) is 5.54. The van der Waals surface area contributed by atoms with Crippen LogP contribution in [-0.2, 0) is 6.54 Å². The number of carbonyl (C=O) groups excluding carboxylic acids is 1. The Bertz CT molecular complexity index is 1290. The molecular formula is C21H16Cl3N5O.